The summed E-state index contributed by atoms with van der Waals surface area (Å²) in [5.41, 5.74) is 2.74. The van der Waals surface area contributed by atoms with Crippen LogP contribution < -0.4 is 0 Å². The molecule has 110 valence electrons. The Balaban J connectivity index is 0.00000147. The quantitative estimate of drug-likeness (QED) is 0.581. The van der Waals surface area contributed by atoms with Gasteiger partial charge in [-0.05, 0) is 41.1 Å². The maximum Gasteiger partial charge on any atom is 0.162 e. The number of ketones is 1. The number of fused-ring (bicyclic) bond motifs is 3. The second-order valence-corrected chi connectivity index (χ2v) is 6.60. The highest BCUT2D eigenvalue weighted by Crippen LogP contribution is 2.50. The molecule has 5 heteroatoms. The molecule has 20 heavy (non-hydrogen) atoms. The van der Waals surface area contributed by atoms with Crippen molar-refractivity contribution in [2.75, 3.05) is 0 Å². The first-order valence-electron chi connectivity index (χ1n) is 6.55. The predicted octanol–water partition coefficient (Wildman–Crippen LogP) is 3.44. The van der Waals surface area contributed by atoms with E-state index in [1.54, 1.807) is 0 Å². The minimum atomic E-state index is -0.139. The molecule has 1 heterocycles. The van der Waals surface area contributed by atoms with Crippen LogP contribution in [0.25, 0.3) is 0 Å². The highest BCUT2D eigenvalue weighted by Gasteiger charge is 2.48. The van der Waals surface area contributed by atoms with Gasteiger partial charge in [0.2, 0.25) is 0 Å². The minimum absolute atomic E-state index is 0. The molecule has 1 saturated carbocycles. The van der Waals surface area contributed by atoms with E-state index < -0.39 is 0 Å². The van der Waals surface area contributed by atoms with Crippen LogP contribution in [0.2, 0.25) is 0 Å². The minimum Gasteiger partial charge on any atom is -0.515 e. The number of rotatable bonds is 0. The number of aryl methyl sites for hydroxylation is 1. The lowest BCUT2D eigenvalue weighted by Crippen LogP contribution is -2.43. The highest BCUT2D eigenvalue weighted by atomic mass is 79.9. The van der Waals surface area contributed by atoms with Crippen molar-refractivity contribution in [3.05, 3.63) is 27.7 Å². The van der Waals surface area contributed by atoms with Crippen molar-refractivity contribution in [1.82, 2.24) is 9.78 Å². The van der Waals surface area contributed by atoms with Gasteiger partial charge in [0, 0.05) is 30.0 Å². The number of hydrogen-bond acceptors (Lipinski definition) is 3. The van der Waals surface area contributed by atoms with E-state index in [4.69, 9.17) is 0 Å². The molecular weight excluding hydrogens is 320 g/mol. The van der Waals surface area contributed by atoms with E-state index in [1.165, 1.54) is 5.56 Å². The fourth-order valence-corrected chi connectivity index (χ4v) is 4.05. The number of carbonyl (C=O) groups excluding carboxylic acids is 1. The van der Waals surface area contributed by atoms with E-state index in [2.05, 4.69) is 28.0 Å². The molecule has 1 N–H and O–H groups in total. The summed E-state index contributed by atoms with van der Waals surface area (Å²) in [5, 5.41) is 13.9. The molecule has 0 spiro atoms. The normalized spacial score (nSPS) is 30.6. The van der Waals surface area contributed by atoms with Crippen LogP contribution in [0.4, 0.5) is 0 Å². The first kappa shape index (κ1) is 15.3. The van der Waals surface area contributed by atoms with Crippen LogP contribution in [-0.4, -0.2) is 20.7 Å². The fourth-order valence-electron chi connectivity index (χ4n) is 3.58. The Morgan fingerprint density at radius 1 is 1.55 bits per heavy atom. The monoisotopic (exact) mass is 340 g/mol. The van der Waals surface area contributed by atoms with Gasteiger partial charge in [0.1, 0.15) is 4.60 Å². The number of nitrogens with zero attached hydrogens (tertiary/aromatic N) is 2. The summed E-state index contributed by atoms with van der Waals surface area (Å²) >= 11 is 3.59. The van der Waals surface area contributed by atoms with Gasteiger partial charge in [-0.2, -0.15) is 5.10 Å². The first-order chi connectivity index (χ1) is 8.97. The number of aromatic nitrogens is 2. The van der Waals surface area contributed by atoms with E-state index in [0.717, 1.165) is 29.4 Å². The van der Waals surface area contributed by atoms with Crippen LogP contribution in [0.1, 0.15) is 44.9 Å². The maximum absolute atomic E-state index is 11.9. The van der Waals surface area contributed by atoms with Gasteiger partial charge in [0.15, 0.2) is 5.78 Å². The van der Waals surface area contributed by atoms with E-state index in [9.17, 15) is 9.90 Å². The molecule has 1 aromatic rings. The Morgan fingerprint density at radius 3 is 2.90 bits per heavy atom. The van der Waals surface area contributed by atoms with Crippen LogP contribution in [0, 0.1) is 5.92 Å². The van der Waals surface area contributed by atoms with E-state index in [1.807, 2.05) is 11.7 Å². The molecule has 1 aromatic heterocycles. The van der Waals surface area contributed by atoms with E-state index in [0.29, 0.717) is 24.3 Å². The van der Waals surface area contributed by atoms with Gasteiger partial charge in [-0.15, -0.1) is 0 Å². The molecule has 2 unspecified atom stereocenters. The van der Waals surface area contributed by atoms with Crippen molar-refractivity contribution < 1.29 is 9.90 Å². The standard InChI is InChI=1S/C14H17BrN2O2.CH4/c1-14-6-8(7-18)11(19)5-9(14)3-4-10-12(14)16-17(2)13(10)15;/h7,9,18H,3-6H2,1-2H3;1H4/b8-7-;. The van der Waals surface area contributed by atoms with Crippen LogP contribution in [0.5, 0.6) is 0 Å². The van der Waals surface area contributed by atoms with Crippen molar-refractivity contribution in [2.45, 2.75) is 45.4 Å². The van der Waals surface area contributed by atoms with E-state index >= 15 is 0 Å². The van der Waals surface area contributed by atoms with Gasteiger partial charge in [0.25, 0.3) is 0 Å². The molecular formula is C15H21BrN2O2. The molecule has 0 aliphatic heterocycles. The molecule has 0 saturated heterocycles. The SMILES string of the molecule is C.Cn1nc2c(c1Br)CCC1CC(=O)/C(=C\O)CC21C. The third-order valence-electron chi connectivity index (χ3n) is 4.76. The lowest BCUT2D eigenvalue weighted by Gasteiger charge is -2.44. The van der Waals surface area contributed by atoms with Gasteiger partial charge in [-0.1, -0.05) is 14.4 Å². The Morgan fingerprint density at radius 2 is 2.25 bits per heavy atom. The number of carbonyl (C=O) groups is 1. The van der Waals surface area contributed by atoms with Crippen LogP contribution in [0.3, 0.4) is 0 Å². The molecule has 0 bridgehead atoms. The van der Waals surface area contributed by atoms with Gasteiger partial charge >= 0.3 is 0 Å². The van der Waals surface area contributed by atoms with Crippen molar-refractivity contribution in [1.29, 1.82) is 0 Å². The second kappa shape index (κ2) is 5.02. The molecule has 0 aromatic carbocycles. The molecule has 4 nitrogen and oxygen atoms in total. The Bertz CT molecular complexity index is 591. The number of halogens is 1. The summed E-state index contributed by atoms with van der Waals surface area (Å²) in [4.78, 5) is 11.9. The molecule has 2 aliphatic rings. The lowest BCUT2D eigenvalue weighted by atomic mass is 9.59. The van der Waals surface area contributed by atoms with Crippen LogP contribution >= 0.6 is 15.9 Å². The van der Waals surface area contributed by atoms with E-state index in [-0.39, 0.29) is 18.6 Å². The van der Waals surface area contributed by atoms with Gasteiger partial charge < -0.3 is 5.11 Å². The Hall–Kier alpha value is -1.10. The third-order valence-corrected chi connectivity index (χ3v) is 5.75. The third kappa shape index (κ3) is 1.94. The zero-order valence-electron chi connectivity index (χ0n) is 11.1. The summed E-state index contributed by atoms with van der Waals surface area (Å²) < 4.78 is 2.89. The Labute approximate surface area is 128 Å². The average Bonchev–Trinajstić information content (AvgIpc) is 2.67. The maximum atomic E-state index is 11.9. The number of allylic oxidation sites excluding steroid dienone is 1. The number of Topliss-reactive ketones (excluding diaryl/α,β-unsaturated/α-hetero) is 1. The second-order valence-electron chi connectivity index (χ2n) is 5.85. The van der Waals surface area contributed by atoms with Crippen molar-refractivity contribution in [3.8, 4) is 0 Å². The number of hydrogen-bond donors (Lipinski definition) is 1. The zero-order chi connectivity index (χ0) is 13.8. The summed E-state index contributed by atoms with van der Waals surface area (Å²) in [6.07, 6.45) is 4.07. The molecule has 1 fully saturated rings. The smallest absolute Gasteiger partial charge is 0.162 e. The largest absolute Gasteiger partial charge is 0.515 e. The van der Waals surface area contributed by atoms with Crippen molar-refractivity contribution >= 4 is 21.7 Å². The van der Waals surface area contributed by atoms with Crippen LogP contribution in [0.15, 0.2) is 16.4 Å². The van der Waals surface area contributed by atoms with Gasteiger partial charge in [-0.3, -0.25) is 9.48 Å². The summed E-state index contributed by atoms with van der Waals surface area (Å²) in [5.74, 6) is 0.418. The average molecular weight is 341 g/mol. The van der Waals surface area contributed by atoms with Gasteiger partial charge in [0.05, 0.1) is 12.0 Å². The van der Waals surface area contributed by atoms with Gasteiger partial charge in [-0.25, -0.2) is 0 Å². The fraction of sp³-hybridized carbons (Fsp3) is 0.600. The molecule has 2 aliphatic carbocycles. The summed E-state index contributed by atoms with van der Waals surface area (Å²) in [6.45, 7) is 2.17. The summed E-state index contributed by atoms with van der Waals surface area (Å²) in [6, 6.07) is 0. The summed E-state index contributed by atoms with van der Waals surface area (Å²) in [7, 11) is 1.93. The molecule has 0 amide bonds. The number of aliphatic hydroxyl groups excluding tert-OH is 1. The topological polar surface area (TPSA) is 55.1 Å². The molecule has 0 radical (unpaired) electrons. The van der Waals surface area contributed by atoms with Crippen LogP contribution in [-0.2, 0) is 23.7 Å². The van der Waals surface area contributed by atoms with Crippen molar-refractivity contribution in [2.24, 2.45) is 13.0 Å². The Kier molecular flexibility index (Phi) is 3.84. The number of aliphatic hydroxyl groups is 1. The predicted molar refractivity (Wildman–Crippen MR) is 81.8 cm³/mol. The molecule has 3 rings (SSSR count). The first-order valence-corrected chi connectivity index (χ1v) is 7.35. The highest BCUT2D eigenvalue weighted by molar-refractivity contribution is 9.10. The molecule has 2 atom stereocenters. The lowest BCUT2D eigenvalue weighted by molar-refractivity contribution is -0.119. The van der Waals surface area contributed by atoms with Crippen molar-refractivity contribution in [3.63, 3.8) is 0 Å². The zero-order valence-corrected chi connectivity index (χ0v) is 12.7.